The van der Waals surface area contributed by atoms with E-state index in [0.717, 1.165) is 28.8 Å². The van der Waals surface area contributed by atoms with Crippen molar-refractivity contribution in [2.75, 3.05) is 24.3 Å². The number of amides is 2. The van der Waals surface area contributed by atoms with Gasteiger partial charge < -0.3 is 20.1 Å². The molecule has 2 amide bonds. The van der Waals surface area contributed by atoms with Crippen LogP contribution in [0.1, 0.15) is 53.2 Å². The molecule has 0 atom stereocenters. The predicted octanol–water partition coefficient (Wildman–Crippen LogP) is 6.05. The van der Waals surface area contributed by atoms with Crippen molar-refractivity contribution < 1.29 is 23.9 Å². The molecule has 0 aliphatic rings. The molecule has 4 rings (SSSR count). The van der Waals surface area contributed by atoms with Crippen molar-refractivity contribution in [2.24, 2.45) is 0 Å². The SMILES string of the molecule is CCCCOc1ccc(C(=O)NCc2nnc(SCC(=O)Nc3ccc(C(=O)OCC)cc3)n2-c2ccc(Br)cc2)cc1. The molecule has 0 bridgehead atoms. The summed E-state index contributed by atoms with van der Waals surface area (Å²) >= 11 is 4.67. The second-order valence-corrected chi connectivity index (χ2v) is 11.1. The summed E-state index contributed by atoms with van der Waals surface area (Å²) in [6, 6.07) is 21.1. The smallest absolute Gasteiger partial charge is 0.338 e. The number of benzene rings is 3. The molecular formula is C31H32BrN5O5S. The number of hydrogen-bond acceptors (Lipinski definition) is 8. The summed E-state index contributed by atoms with van der Waals surface area (Å²) in [6.45, 7) is 4.89. The van der Waals surface area contributed by atoms with E-state index in [0.29, 0.717) is 34.4 Å². The van der Waals surface area contributed by atoms with Gasteiger partial charge >= 0.3 is 5.97 Å². The number of rotatable bonds is 14. The van der Waals surface area contributed by atoms with Crippen molar-refractivity contribution in [2.45, 2.75) is 38.4 Å². The van der Waals surface area contributed by atoms with Gasteiger partial charge in [-0.25, -0.2) is 4.79 Å². The van der Waals surface area contributed by atoms with Crippen LogP contribution in [-0.4, -0.2) is 51.5 Å². The molecule has 0 aliphatic carbocycles. The van der Waals surface area contributed by atoms with Crippen molar-refractivity contribution >= 4 is 51.2 Å². The highest BCUT2D eigenvalue weighted by Crippen LogP contribution is 2.24. The first-order chi connectivity index (χ1) is 20.9. The number of nitrogens with one attached hydrogen (secondary N) is 2. The third kappa shape index (κ3) is 9.16. The molecule has 12 heteroatoms. The number of anilines is 1. The number of aromatic nitrogens is 3. The molecule has 4 aromatic rings. The molecule has 0 unspecified atom stereocenters. The van der Waals surface area contributed by atoms with Gasteiger partial charge in [0, 0.05) is 21.4 Å². The molecule has 43 heavy (non-hydrogen) atoms. The minimum Gasteiger partial charge on any atom is -0.494 e. The van der Waals surface area contributed by atoms with Crippen LogP contribution in [0.3, 0.4) is 0 Å². The van der Waals surface area contributed by atoms with Crippen LogP contribution in [-0.2, 0) is 16.1 Å². The van der Waals surface area contributed by atoms with Gasteiger partial charge in [-0.05, 0) is 86.1 Å². The average molecular weight is 667 g/mol. The number of carbonyl (C=O) groups is 3. The van der Waals surface area contributed by atoms with E-state index in [4.69, 9.17) is 9.47 Å². The Balaban J connectivity index is 1.41. The number of unbranched alkanes of at least 4 members (excludes halogenated alkanes) is 1. The van der Waals surface area contributed by atoms with Crippen LogP contribution in [0.5, 0.6) is 5.75 Å². The van der Waals surface area contributed by atoms with Crippen molar-refractivity contribution in [3.63, 3.8) is 0 Å². The Morgan fingerprint density at radius 2 is 1.60 bits per heavy atom. The number of halogens is 1. The number of carbonyl (C=O) groups excluding carboxylic acids is 3. The standard InChI is InChI=1S/C31H32BrN5O5S/c1-3-5-18-42-26-16-8-21(9-17-26)29(39)33-19-27-35-36-31(37(27)25-14-10-23(32)11-15-25)43-20-28(38)34-24-12-6-22(7-13-24)30(40)41-4-2/h6-17H,3-5,18-20H2,1-2H3,(H,33,39)(H,34,38). The zero-order chi connectivity index (χ0) is 30.6. The molecule has 10 nitrogen and oxygen atoms in total. The highest BCUT2D eigenvalue weighted by molar-refractivity contribution is 9.10. The summed E-state index contributed by atoms with van der Waals surface area (Å²) in [5, 5.41) is 14.8. The lowest BCUT2D eigenvalue weighted by Gasteiger charge is -2.12. The number of nitrogens with zero attached hydrogens (tertiary/aromatic N) is 3. The Bertz CT molecular complexity index is 1530. The Morgan fingerprint density at radius 3 is 2.28 bits per heavy atom. The Labute approximate surface area is 262 Å². The second-order valence-electron chi connectivity index (χ2n) is 9.25. The summed E-state index contributed by atoms with van der Waals surface area (Å²) in [6.07, 6.45) is 2.02. The first-order valence-electron chi connectivity index (χ1n) is 13.8. The van der Waals surface area contributed by atoms with Crippen molar-refractivity contribution in [3.05, 3.63) is 94.2 Å². The maximum Gasteiger partial charge on any atom is 0.338 e. The average Bonchev–Trinajstić information content (AvgIpc) is 3.43. The zero-order valence-corrected chi connectivity index (χ0v) is 26.2. The Kier molecular flexibility index (Phi) is 11.7. The zero-order valence-electron chi connectivity index (χ0n) is 23.8. The minimum atomic E-state index is -0.416. The minimum absolute atomic E-state index is 0.0628. The molecule has 224 valence electrons. The van der Waals surface area contributed by atoms with E-state index in [1.807, 2.05) is 28.8 Å². The molecule has 2 N–H and O–H groups in total. The van der Waals surface area contributed by atoms with Crippen LogP contribution < -0.4 is 15.4 Å². The third-order valence-electron chi connectivity index (χ3n) is 6.09. The molecule has 1 aromatic heterocycles. The first kappa shape index (κ1) is 31.8. The highest BCUT2D eigenvalue weighted by atomic mass is 79.9. The fourth-order valence-electron chi connectivity index (χ4n) is 3.89. The number of ether oxygens (including phenoxy) is 2. The molecule has 1 heterocycles. The van der Waals surface area contributed by atoms with E-state index >= 15 is 0 Å². The summed E-state index contributed by atoms with van der Waals surface area (Å²) in [5.74, 6) is 0.365. The molecular weight excluding hydrogens is 634 g/mol. The van der Waals surface area contributed by atoms with Crippen LogP contribution in [0.2, 0.25) is 0 Å². The van der Waals surface area contributed by atoms with Crippen LogP contribution >= 0.6 is 27.7 Å². The molecule has 0 fully saturated rings. The van der Waals surface area contributed by atoms with Gasteiger partial charge in [-0.1, -0.05) is 41.0 Å². The van der Waals surface area contributed by atoms with E-state index in [1.165, 1.54) is 11.8 Å². The second kappa shape index (κ2) is 15.9. The van der Waals surface area contributed by atoms with Gasteiger partial charge in [-0.3, -0.25) is 14.2 Å². The molecule has 0 spiro atoms. The Morgan fingerprint density at radius 1 is 0.907 bits per heavy atom. The van der Waals surface area contributed by atoms with Gasteiger partial charge in [0.2, 0.25) is 5.91 Å². The quantitative estimate of drug-likeness (QED) is 0.0948. The molecule has 0 aliphatic heterocycles. The van der Waals surface area contributed by atoms with Crippen LogP contribution in [0, 0.1) is 0 Å². The lowest BCUT2D eigenvalue weighted by atomic mass is 10.2. The van der Waals surface area contributed by atoms with Gasteiger partial charge in [-0.2, -0.15) is 0 Å². The Hall–Kier alpha value is -4.16. The molecule has 0 saturated carbocycles. The van der Waals surface area contributed by atoms with Crippen molar-refractivity contribution in [1.29, 1.82) is 0 Å². The van der Waals surface area contributed by atoms with Crippen LogP contribution in [0.25, 0.3) is 5.69 Å². The molecule has 0 radical (unpaired) electrons. The maximum atomic E-state index is 12.9. The monoisotopic (exact) mass is 665 g/mol. The van der Waals surface area contributed by atoms with E-state index in [2.05, 4.69) is 43.7 Å². The largest absolute Gasteiger partial charge is 0.494 e. The normalized spacial score (nSPS) is 10.7. The fourth-order valence-corrected chi connectivity index (χ4v) is 4.92. The maximum absolute atomic E-state index is 12.9. The van der Waals surface area contributed by atoms with Crippen LogP contribution in [0.15, 0.2) is 82.4 Å². The lowest BCUT2D eigenvalue weighted by molar-refractivity contribution is -0.113. The lowest BCUT2D eigenvalue weighted by Crippen LogP contribution is -2.24. The van der Waals surface area contributed by atoms with E-state index < -0.39 is 5.97 Å². The summed E-state index contributed by atoms with van der Waals surface area (Å²) in [4.78, 5) is 37.4. The molecule has 3 aromatic carbocycles. The van der Waals surface area contributed by atoms with E-state index in [9.17, 15) is 14.4 Å². The number of esters is 1. The predicted molar refractivity (Wildman–Crippen MR) is 169 cm³/mol. The number of thioether (sulfide) groups is 1. The van der Waals surface area contributed by atoms with E-state index in [-0.39, 0.29) is 30.7 Å². The van der Waals surface area contributed by atoms with Crippen molar-refractivity contribution in [3.8, 4) is 11.4 Å². The third-order valence-corrected chi connectivity index (χ3v) is 7.55. The first-order valence-corrected chi connectivity index (χ1v) is 15.6. The summed E-state index contributed by atoms with van der Waals surface area (Å²) < 4.78 is 13.4. The van der Waals surface area contributed by atoms with Gasteiger partial charge in [0.05, 0.1) is 31.1 Å². The fraction of sp³-hybridized carbons (Fsp3) is 0.258. The molecule has 0 saturated heterocycles. The van der Waals surface area contributed by atoms with Gasteiger partial charge in [0.15, 0.2) is 11.0 Å². The van der Waals surface area contributed by atoms with Gasteiger partial charge in [0.25, 0.3) is 5.91 Å². The van der Waals surface area contributed by atoms with E-state index in [1.54, 1.807) is 55.5 Å². The summed E-state index contributed by atoms with van der Waals surface area (Å²) in [5.41, 5.74) is 2.24. The van der Waals surface area contributed by atoms with Crippen molar-refractivity contribution in [1.82, 2.24) is 20.1 Å². The number of hydrogen-bond donors (Lipinski definition) is 2. The van der Waals surface area contributed by atoms with Gasteiger partial charge in [0.1, 0.15) is 5.75 Å². The van der Waals surface area contributed by atoms with Gasteiger partial charge in [-0.15, -0.1) is 10.2 Å². The topological polar surface area (TPSA) is 124 Å². The summed E-state index contributed by atoms with van der Waals surface area (Å²) in [7, 11) is 0. The highest BCUT2D eigenvalue weighted by Gasteiger charge is 2.18. The van der Waals surface area contributed by atoms with Crippen LogP contribution in [0.4, 0.5) is 5.69 Å².